The average Bonchev–Trinajstić information content (AvgIpc) is 2.77. The second kappa shape index (κ2) is 4.34. The number of aromatic amines is 1. The van der Waals surface area contributed by atoms with Gasteiger partial charge in [0.2, 0.25) is 0 Å². The van der Waals surface area contributed by atoms with Crippen molar-refractivity contribution >= 4 is 5.69 Å². The van der Waals surface area contributed by atoms with Crippen LogP contribution in [0.25, 0.3) is 11.4 Å². The topological polar surface area (TPSA) is 97.8 Å². The molecule has 0 aliphatic heterocycles. The Bertz CT molecular complexity index is 562. The maximum Gasteiger partial charge on any atom is 0.270 e. The first-order valence-corrected chi connectivity index (χ1v) is 5.11. The summed E-state index contributed by atoms with van der Waals surface area (Å²) in [6, 6.07) is 4.69. The van der Waals surface area contributed by atoms with Crippen LogP contribution in [0.2, 0.25) is 0 Å². The van der Waals surface area contributed by atoms with E-state index in [0.29, 0.717) is 12.4 Å². The molecule has 0 saturated heterocycles. The van der Waals surface area contributed by atoms with E-state index in [9.17, 15) is 10.1 Å². The number of benzene rings is 1. The summed E-state index contributed by atoms with van der Waals surface area (Å²) < 4.78 is 0. The monoisotopic (exact) mass is 232 g/mol. The number of nitrogens with two attached hydrogens (primary N) is 1. The van der Waals surface area contributed by atoms with Gasteiger partial charge in [0, 0.05) is 36.1 Å². The maximum absolute atomic E-state index is 10.7. The zero-order valence-corrected chi connectivity index (χ0v) is 9.30. The summed E-state index contributed by atoms with van der Waals surface area (Å²) in [5, 5.41) is 10.7. The first kappa shape index (κ1) is 11.3. The van der Waals surface area contributed by atoms with E-state index in [1.54, 1.807) is 12.3 Å². The van der Waals surface area contributed by atoms with Crippen molar-refractivity contribution < 1.29 is 4.92 Å². The fraction of sp³-hybridized carbons (Fsp3) is 0.182. The van der Waals surface area contributed by atoms with Crippen LogP contribution in [0.5, 0.6) is 0 Å². The number of hydrogen-bond donors (Lipinski definition) is 2. The number of nitrogens with one attached hydrogen (secondary N) is 1. The normalized spacial score (nSPS) is 10.5. The van der Waals surface area contributed by atoms with Crippen molar-refractivity contribution in [3.63, 3.8) is 0 Å². The molecule has 0 fully saturated rings. The Labute approximate surface area is 97.6 Å². The lowest BCUT2D eigenvalue weighted by atomic mass is 10.1. The lowest BCUT2D eigenvalue weighted by molar-refractivity contribution is -0.384. The van der Waals surface area contributed by atoms with Crippen LogP contribution in [-0.4, -0.2) is 14.9 Å². The third-order valence-electron chi connectivity index (χ3n) is 2.54. The third kappa shape index (κ3) is 2.16. The molecule has 0 unspecified atom stereocenters. The minimum Gasteiger partial charge on any atom is -0.341 e. The van der Waals surface area contributed by atoms with Gasteiger partial charge in [-0.25, -0.2) is 4.98 Å². The van der Waals surface area contributed by atoms with Crippen LogP contribution in [0.1, 0.15) is 11.3 Å². The molecule has 3 N–H and O–H groups in total. The van der Waals surface area contributed by atoms with Gasteiger partial charge in [-0.15, -0.1) is 0 Å². The van der Waals surface area contributed by atoms with Crippen molar-refractivity contribution in [2.24, 2.45) is 5.73 Å². The second-order valence-corrected chi connectivity index (χ2v) is 3.72. The Hall–Kier alpha value is -2.21. The molecule has 0 radical (unpaired) electrons. The molecule has 0 aliphatic carbocycles. The molecular formula is C11H12N4O2. The minimum atomic E-state index is -0.421. The van der Waals surface area contributed by atoms with Crippen LogP contribution in [-0.2, 0) is 6.54 Å². The molecule has 6 nitrogen and oxygen atoms in total. The summed E-state index contributed by atoms with van der Waals surface area (Å²) >= 11 is 0. The van der Waals surface area contributed by atoms with Gasteiger partial charge in [-0.1, -0.05) is 6.07 Å². The van der Waals surface area contributed by atoms with E-state index in [1.807, 2.05) is 6.92 Å². The van der Waals surface area contributed by atoms with Gasteiger partial charge >= 0.3 is 0 Å². The van der Waals surface area contributed by atoms with Gasteiger partial charge in [0.25, 0.3) is 5.69 Å². The molecule has 0 spiro atoms. The highest BCUT2D eigenvalue weighted by molar-refractivity contribution is 5.63. The van der Waals surface area contributed by atoms with E-state index in [2.05, 4.69) is 9.97 Å². The van der Waals surface area contributed by atoms with Crippen molar-refractivity contribution in [2.45, 2.75) is 13.5 Å². The lowest BCUT2D eigenvalue weighted by Crippen LogP contribution is -1.96. The molecule has 0 aliphatic rings. The van der Waals surface area contributed by atoms with E-state index in [0.717, 1.165) is 16.8 Å². The van der Waals surface area contributed by atoms with Crippen LogP contribution in [0.3, 0.4) is 0 Å². The molecule has 6 heteroatoms. The Kier molecular flexibility index (Phi) is 2.88. The Morgan fingerprint density at radius 3 is 2.88 bits per heavy atom. The number of hydrogen-bond acceptors (Lipinski definition) is 4. The molecule has 17 heavy (non-hydrogen) atoms. The molecule has 1 aromatic carbocycles. The molecule has 0 bridgehead atoms. The van der Waals surface area contributed by atoms with Gasteiger partial charge < -0.3 is 10.7 Å². The molecule has 0 atom stereocenters. The highest BCUT2D eigenvalue weighted by Gasteiger charge is 2.12. The van der Waals surface area contributed by atoms with Crippen molar-refractivity contribution in [1.82, 2.24) is 9.97 Å². The number of nitro groups is 1. The zero-order chi connectivity index (χ0) is 12.4. The van der Waals surface area contributed by atoms with Gasteiger partial charge in [-0.05, 0) is 12.5 Å². The van der Waals surface area contributed by atoms with E-state index in [4.69, 9.17) is 5.73 Å². The fourth-order valence-electron chi connectivity index (χ4n) is 1.58. The van der Waals surface area contributed by atoms with Crippen LogP contribution < -0.4 is 5.73 Å². The molecule has 88 valence electrons. The van der Waals surface area contributed by atoms with Gasteiger partial charge in [0.15, 0.2) is 0 Å². The molecular weight excluding hydrogens is 220 g/mol. The summed E-state index contributed by atoms with van der Waals surface area (Å²) in [4.78, 5) is 17.5. The first-order chi connectivity index (χ1) is 8.11. The Morgan fingerprint density at radius 1 is 1.53 bits per heavy atom. The van der Waals surface area contributed by atoms with Crippen LogP contribution in [0.15, 0.2) is 24.4 Å². The van der Waals surface area contributed by atoms with E-state index in [1.165, 1.54) is 12.1 Å². The first-order valence-electron chi connectivity index (χ1n) is 5.11. The standard InChI is InChI=1S/C11H12N4O2/c1-7-2-3-9(15(16)17)4-10(7)11-13-6-8(5-12)14-11/h2-4,6H,5,12H2,1H3,(H,13,14). The number of nitrogens with zero attached hydrogens (tertiary/aromatic N) is 2. The predicted molar refractivity (Wildman–Crippen MR) is 63.3 cm³/mol. The largest absolute Gasteiger partial charge is 0.341 e. The van der Waals surface area contributed by atoms with E-state index >= 15 is 0 Å². The van der Waals surface area contributed by atoms with Gasteiger partial charge in [-0.2, -0.15) is 0 Å². The number of rotatable bonds is 3. The maximum atomic E-state index is 10.7. The number of aryl methyl sites for hydroxylation is 1. The second-order valence-electron chi connectivity index (χ2n) is 3.72. The van der Waals surface area contributed by atoms with Crippen LogP contribution in [0, 0.1) is 17.0 Å². The molecule has 1 aromatic heterocycles. The summed E-state index contributed by atoms with van der Waals surface area (Å²) in [6.45, 7) is 2.24. The smallest absolute Gasteiger partial charge is 0.270 e. The molecule has 0 saturated carbocycles. The molecule has 0 amide bonds. The highest BCUT2D eigenvalue weighted by atomic mass is 16.6. The van der Waals surface area contributed by atoms with Crippen molar-refractivity contribution in [3.05, 3.63) is 45.8 Å². The van der Waals surface area contributed by atoms with Crippen molar-refractivity contribution in [2.75, 3.05) is 0 Å². The predicted octanol–water partition coefficient (Wildman–Crippen LogP) is 1.75. The molecule has 2 aromatic rings. The van der Waals surface area contributed by atoms with Crippen molar-refractivity contribution in [1.29, 1.82) is 0 Å². The van der Waals surface area contributed by atoms with Gasteiger partial charge in [-0.3, -0.25) is 10.1 Å². The summed E-state index contributed by atoms with van der Waals surface area (Å²) in [5.41, 5.74) is 7.97. The third-order valence-corrected chi connectivity index (χ3v) is 2.54. The SMILES string of the molecule is Cc1ccc([N+](=O)[O-])cc1-c1ncc(CN)[nH]1. The zero-order valence-electron chi connectivity index (χ0n) is 9.30. The number of nitro benzene ring substituents is 1. The highest BCUT2D eigenvalue weighted by Crippen LogP contribution is 2.25. The van der Waals surface area contributed by atoms with Gasteiger partial charge in [0.1, 0.15) is 5.82 Å². The van der Waals surface area contributed by atoms with E-state index < -0.39 is 4.92 Å². The number of imidazole rings is 1. The average molecular weight is 232 g/mol. The van der Waals surface area contributed by atoms with Crippen molar-refractivity contribution in [3.8, 4) is 11.4 Å². The number of non-ortho nitro benzene ring substituents is 1. The molecule has 1 heterocycles. The Morgan fingerprint density at radius 2 is 2.29 bits per heavy atom. The summed E-state index contributed by atoms with van der Waals surface area (Å²) in [6.07, 6.45) is 1.63. The van der Waals surface area contributed by atoms with Crippen LogP contribution >= 0.6 is 0 Å². The summed E-state index contributed by atoms with van der Waals surface area (Å²) in [5.74, 6) is 0.603. The number of H-pyrrole nitrogens is 1. The minimum absolute atomic E-state index is 0.0521. The summed E-state index contributed by atoms with van der Waals surface area (Å²) in [7, 11) is 0. The van der Waals surface area contributed by atoms with Crippen LogP contribution in [0.4, 0.5) is 5.69 Å². The number of aromatic nitrogens is 2. The quantitative estimate of drug-likeness (QED) is 0.622. The molecule has 2 rings (SSSR count). The Balaban J connectivity index is 2.49. The fourth-order valence-corrected chi connectivity index (χ4v) is 1.58. The van der Waals surface area contributed by atoms with E-state index in [-0.39, 0.29) is 5.69 Å². The lowest BCUT2D eigenvalue weighted by Gasteiger charge is -2.02. The van der Waals surface area contributed by atoms with Gasteiger partial charge in [0.05, 0.1) is 4.92 Å².